The third kappa shape index (κ3) is 13.2. The van der Waals surface area contributed by atoms with Crippen LogP contribution in [0.15, 0.2) is 24.0 Å². The topological polar surface area (TPSA) is 60.7 Å². The summed E-state index contributed by atoms with van der Waals surface area (Å²) in [5.41, 5.74) is 1.28. The molecule has 0 radical (unpaired) electrons. The molecule has 8 unspecified atom stereocenters. The Morgan fingerprint density at radius 3 is 1.93 bits per heavy atom. The first-order valence-electron chi connectivity index (χ1n) is 18.4. The molecule has 3 heteroatoms. The third-order valence-corrected chi connectivity index (χ3v) is 12.4. The molecule has 13 atom stereocenters. The zero-order chi connectivity index (χ0) is 33.0. The Kier molecular flexibility index (Phi) is 18.4. The number of aliphatic hydroxyl groups excluding tert-OH is 3. The summed E-state index contributed by atoms with van der Waals surface area (Å²) in [6.45, 7) is 31.6. The highest BCUT2D eigenvalue weighted by Gasteiger charge is 2.38. The second-order valence-corrected chi connectivity index (χ2v) is 16.1. The summed E-state index contributed by atoms with van der Waals surface area (Å²) >= 11 is 0. The van der Waals surface area contributed by atoms with Gasteiger partial charge in [0.2, 0.25) is 0 Å². The Bertz CT molecular complexity index is 796. The molecular formula is C40H76O3. The molecule has 0 spiro atoms. The van der Waals surface area contributed by atoms with Crippen LogP contribution in [-0.4, -0.2) is 27.5 Å². The molecule has 0 amide bonds. The molecule has 0 saturated carbocycles. The summed E-state index contributed by atoms with van der Waals surface area (Å²) in [6.07, 6.45) is 12.7. The lowest BCUT2D eigenvalue weighted by Crippen LogP contribution is -2.36. The zero-order valence-electron chi connectivity index (χ0n) is 30.8. The van der Waals surface area contributed by atoms with Gasteiger partial charge in [-0.15, -0.1) is 6.58 Å². The Labute approximate surface area is 269 Å². The SMILES string of the molecule is C=C(C)CCC(C)CCC(C[C@H](CC(C)C1C[C@@H](C)C(O)=CC1[C@H](C)O)[C@@H](C)O)[C@H](C)C(C)C(C)CC(C)C(CC)CC. The molecule has 0 aromatic heterocycles. The van der Waals surface area contributed by atoms with Gasteiger partial charge in [0.25, 0.3) is 0 Å². The molecule has 43 heavy (non-hydrogen) atoms. The molecular weight excluding hydrogens is 528 g/mol. The number of hydrogen-bond acceptors (Lipinski definition) is 3. The van der Waals surface area contributed by atoms with Crippen molar-refractivity contribution in [2.45, 2.75) is 160 Å². The third-order valence-electron chi connectivity index (χ3n) is 12.4. The van der Waals surface area contributed by atoms with Gasteiger partial charge in [0.15, 0.2) is 0 Å². The van der Waals surface area contributed by atoms with Gasteiger partial charge in [-0.25, -0.2) is 0 Å². The molecule has 0 aromatic carbocycles. The molecule has 3 N–H and O–H groups in total. The van der Waals surface area contributed by atoms with Crippen LogP contribution in [0.3, 0.4) is 0 Å². The molecule has 0 aromatic rings. The van der Waals surface area contributed by atoms with E-state index >= 15 is 0 Å². The Morgan fingerprint density at radius 1 is 0.814 bits per heavy atom. The molecule has 0 heterocycles. The van der Waals surface area contributed by atoms with E-state index in [-0.39, 0.29) is 23.9 Å². The summed E-state index contributed by atoms with van der Waals surface area (Å²) in [4.78, 5) is 0. The second-order valence-electron chi connectivity index (χ2n) is 16.1. The zero-order valence-corrected chi connectivity index (χ0v) is 30.8. The normalized spacial score (nSPS) is 26.5. The molecule has 1 aliphatic carbocycles. The molecule has 0 fully saturated rings. The highest BCUT2D eigenvalue weighted by molar-refractivity contribution is 5.08. The van der Waals surface area contributed by atoms with Gasteiger partial charge in [-0.1, -0.05) is 87.1 Å². The lowest BCUT2D eigenvalue weighted by molar-refractivity contribution is 0.0349. The van der Waals surface area contributed by atoms with E-state index in [1.807, 2.05) is 19.9 Å². The van der Waals surface area contributed by atoms with E-state index in [0.29, 0.717) is 47.2 Å². The minimum absolute atomic E-state index is 0.0253. The predicted molar refractivity (Wildman–Crippen MR) is 188 cm³/mol. The summed E-state index contributed by atoms with van der Waals surface area (Å²) in [5.74, 6) is 6.25. The van der Waals surface area contributed by atoms with Crippen molar-refractivity contribution in [2.24, 2.45) is 71.0 Å². The van der Waals surface area contributed by atoms with Crippen molar-refractivity contribution in [2.75, 3.05) is 0 Å². The molecule has 0 aliphatic heterocycles. The summed E-state index contributed by atoms with van der Waals surface area (Å²) < 4.78 is 0. The summed E-state index contributed by atoms with van der Waals surface area (Å²) in [6, 6.07) is 0. The number of allylic oxidation sites excluding steroid dienone is 2. The van der Waals surface area contributed by atoms with Crippen molar-refractivity contribution >= 4 is 0 Å². The average molecular weight is 605 g/mol. The number of rotatable bonds is 21. The van der Waals surface area contributed by atoms with Crippen molar-refractivity contribution in [3.05, 3.63) is 24.0 Å². The van der Waals surface area contributed by atoms with Crippen molar-refractivity contribution in [1.29, 1.82) is 0 Å². The van der Waals surface area contributed by atoms with Crippen LogP contribution in [0.5, 0.6) is 0 Å². The van der Waals surface area contributed by atoms with Crippen LogP contribution in [0.1, 0.15) is 147 Å². The van der Waals surface area contributed by atoms with Gasteiger partial charge in [0, 0.05) is 11.8 Å². The van der Waals surface area contributed by atoms with Crippen LogP contribution in [0.2, 0.25) is 0 Å². The van der Waals surface area contributed by atoms with Crippen molar-refractivity contribution < 1.29 is 15.3 Å². The predicted octanol–water partition coefficient (Wildman–Crippen LogP) is 11.3. The maximum absolute atomic E-state index is 11.2. The van der Waals surface area contributed by atoms with Crippen molar-refractivity contribution in [3.8, 4) is 0 Å². The molecule has 0 bridgehead atoms. The quantitative estimate of drug-likeness (QED) is 0.114. The summed E-state index contributed by atoms with van der Waals surface area (Å²) in [7, 11) is 0. The van der Waals surface area contributed by atoms with Gasteiger partial charge in [-0.05, 0) is 131 Å². The minimum Gasteiger partial charge on any atom is -0.512 e. The van der Waals surface area contributed by atoms with E-state index in [1.54, 1.807) is 0 Å². The van der Waals surface area contributed by atoms with Crippen LogP contribution < -0.4 is 0 Å². The minimum atomic E-state index is -0.481. The first-order valence-corrected chi connectivity index (χ1v) is 18.4. The number of aliphatic hydroxyl groups is 3. The molecule has 1 rings (SSSR count). The van der Waals surface area contributed by atoms with Crippen molar-refractivity contribution in [3.63, 3.8) is 0 Å². The van der Waals surface area contributed by atoms with Crippen LogP contribution in [0, 0.1) is 71.0 Å². The standard InChI is InChI=1S/C40H76O3/c1-14-35(15-2)28(7)20-27(6)31(10)32(11)36(19-18-26(5)17-16-25(3)4)23-37(33(12)41)21-29(8)38-22-30(9)40(43)24-39(38)34(13)42/h24,26-39,41-43H,3,14-23H2,1-2,4-13H3/t26?,27?,28?,29?,30-,31?,32-,33-,34+,36?,37+,38?,39?/m1/s1. The van der Waals surface area contributed by atoms with Crippen molar-refractivity contribution in [1.82, 2.24) is 0 Å². The highest BCUT2D eigenvalue weighted by Crippen LogP contribution is 2.44. The van der Waals surface area contributed by atoms with Gasteiger partial charge in [0.05, 0.1) is 18.0 Å². The summed E-state index contributed by atoms with van der Waals surface area (Å²) in [5, 5.41) is 32.2. The maximum Gasteiger partial charge on any atom is 0.0914 e. The van der Waals surface area contributed by atoms with Crippen LogP contribution >= 0.6 is 0 Å². The van der Waals surface area contributed by atoms with Crippen LogP contribution in [0.25, 0.3) is 0 Å². The molecule has 1 aliphatic rings. The largest absolute Gasteiger partial charge is 0.512 e. The van der Waals surface area contributed by atoms with Gasteiger partial charge >= 0.3 is 0 Å². The lowest BCUT2D eigenvalue weighted by atomic mass is 9.66. The number of hydrogen-bond donors (Lipinski definition) is 3. The average Bonchev–Trinajstić information content (AvgIpc) is 2.93. The molecule has 0 saturated heterocycles. The highest BCUT2D eigenvalue weighted by atomic mass is 16.3. The fraction of sp³-hybridized carbons (Fsp3) is 0.900. The first-order chi connectivity index (χ1) is 20.0. The monoisotopic (exact) mass is 605 g/mol. The van der Waals surface area contributed by atoms with Gasteiger partial charge in [0.1, 0.15) is 0 Å². The first kappa shape index (κ1) is 40.2. The van der Waals surface area contributed by atoms with E-state index in [4.69, 9.17) is 0 Å². The van der Waals surface area contributed by atoms with E-state index in [2.05, 4.69) is 75.8 Å². The molecule has 254 valence electrons. The lowest BCUT2D eigenvalue weighted by Gasteiger charge is -2.40. The van der Waals surface area contributed by atoms with E-state index in [1.165, 1.54) is 44.1 Å². The van der Waals surface area contributed by atoms with Crippen LogP contribution in [-0.2, 0) is 0 Å². The van der Waals surface area contributed by atoms with Gasteiger partial charge in [-0.2, -0.15) is 0 Å². The fourth-order valence-corrected chi connectivity index (χ4v) is 8.58. The van der Waals surface area contributed by atoms with E-state index < -0.39 is 6.10 Å². The Morgan fingerprint density at radius 2 is 1.42 bits per heavy atom. The van der Waals surface area contributed by atoms with E-state index in [9.17, 15) is 15.3 Å². The Hall–Kier alpha value is -0.800. The fourth-order valence-electron chi connectivity index (χ4n) is 8.58. The maximum atomic E-state index is 11.2. The molecule has 3 nitrogen and oxygen atoms in total. The van der Waals surface area contributed by atoms with Crippen LogP contribution in [0.4, 0.5) is 0 Å². The second kappa shape index (κ2) is 19.7. The van der Waals surface area contributed by atoms with E-state index in [0.717, 1.165) is 37.5 Å². The Balaban J connectivity index is 3.15. The van der Waals surface area contributed by atoms with Gasteiger partial charge in [-0.3, -0.25) is 0 Å². The van der Waals surface area contributed by atoms with Gasteiger partial charge < -0.3 is 15.3 Å². The smallest absolute Gasteiger partial charge is 0.0914 e.